The Morgan fingerprint density at radius 1 is 1.19 bits per heavy atom. The lowest BCUT2D eigenvalue weighted by molar-refractivity contribution is 0.220. The molecule has 1 aromatic heterocycles. The highest BCUT2D eigenvalue weighted by atomic mass is 32.2. The molecule has 0 unspecified atom stereocenters. The first kappa shape index (κ1) is 14.6. The molecule has 0 aliphatic carbocycles. The predicted octanol–water partition coefficient (Wildman–Crippen LogP) is 0.833. The average molecular weight is 328 g/mol. The third kappa shape index (κ3) is 2.83. The highest BCUT2D eigenvalue weighted by Gasteiger charge is 2.38. The molecule has 0 atom stereocenters. The number of hydrogen-bond donors (Lipinski definition) is 1. The summed E-state index contributed by atoms with van der Waals surface area (Å²) >= 11 is 0. The van der Waals surface area contributed by atoms with Gasteiger partial charge in [-0.3, -0.25) is 0 Å². The average Bonchev–Trinajstić information content (AvgIpc) is 2.78. The molecular formula is C13H16N2O4S2. The van der Waals surface area contributed by atoms with Crippen LogP contribution in [0.4, 0.5) is 0 Å². The molecule has 8 heteroatoms. The number of rotatable bonds is 4. The van der Waals surface area contributed by atoms with Crippen LogP contribution in [0.3, 0.4) is 0 Å². The smallest absolute Gasteiger partial charge is 0.243 e. The first-order chi connectivity index (χ1) is 9.75. The zero-order chi connectivity index (χ0) is 15.3. The Kier molecular flexibility index (Phi) is 3.34. The third-order valence-electron chi connectivity index (χ3n) is 3.62. The number of nitrogens with zero attached hydrogens (tertiary/aromatic N) is 1. The standard InChI is InChI=1S/C13H16N2O4S2/c1-20(16,17)9-10-7-15(8-10)21(18,19)12-2-3-13-11(6-12)4-5-14-13/h2-6,10,14H,7-9H2,1H3. The van der Waals surface area contributed by atoms with Gasteiger partial charge in [0.15, 0.2) is 0 Å². The summed E-state index contributed by atoms with van der Waals surface area (Å²) in [5.41, 5.74) is 0.882. The topological polar surface area (TPSA) is 87.3 Å². The summed E-state index contributed by atoms with van der Waals surface area (Å²) in [7, 11) is -6.60. The van der Waals surface area contributed by atoms with Gasteiger partial charge in [0.2, 0.25) is 10.0 Å². The van der Waals surface area contributed by atoms with Crippen molar-refractivity contribution < 1.29 is 16.8 Å². The second-order valence-electron chi connectivity index (χ2n) is 5.51. The van der Waals surface area contributed by atoms with Crippen LogP contribution in [0.1, 0.15) is 0 Å². The van der Waals surface area contributed by atoms with Gasteiger partial charge >= 0.3 is 0 Å². The molecule has 1 aliphatic rings. The first-order valence-electron chi connectivity index (χ1n) is 6.51. The molecular weight excluding hydrogens is 312 g/mol. The summed E-state index contributed by atoms with van der Waals surface area (Å²) in [4.78, 5) is 3.26. The van der Waals surface area contributed by atoms with Crippen molar-refractivity contribution in [1.29, 1.82) is 0 Å². The Morgan fingerprint density at radius 3 is 2.57 bits per heavy atom. The van der Waals surface area contributed by atoms with Crippen LogP contribution in [-0.4, -0.2) is 51.2 Å². The van der Waals surface area contributed by atoms with Gasteiger partial charge in [0.1, 0.15) is 9.84 Å². The molecule has 2 heterocycles. The lowest BCUT2D eigenvalue weighted by atomic mass is 10.1. The molecule has 2 aromatic rings. The molecule has 1 aliphatic heterocycles. The highest BCUT2D eigenvalue weighted by molar-refractivity contribution is 7.90. The zero-order valence-corrected chi connectivity index (χ0v) is 13.1. The van der Waals surface area contributed by atoms with Crippen molar-refractivity contribution in [1.82, 2.24) is 9.29 Å². The minimum absolute atomic E-state index is 0.0376. The van der Waals surface area contributed by atoms with E-state index in [-0.39, 0.29) is 29.7 Å². The molecule has 1 aromatic carbocycles. The summed E-state index contributed by atoms with van der Waals surface area (Å²) in [6.07, 6.45) is 2.93. The monoisotopic (exact) mass is 328 g/mol. The molecule has 6 nitrogen and oxygen atoms in total. The van der Waals surface area contributed by atoms with Crippen molar-refractivity contribution in [3.8, 4) is 0 Å². The van der Waals surface area contributed by atoms with E-state index in [4.69, 9.17) is 0 Å². The Bertz CT molecular complexity index is 878. The number of aromatic nitrogens is 1. The van der Waals surface area contributed by atoms with Crippen molar-refractivity contribution in [2.75, 3.05) is 25.1 Å². The SMILES string of the molecule is CS(=O)(=O)CC1CN(S(=O)(=O)c2ccc3[nH]ccc3c2)C1. The van der Waals surface area contributed by atoms with Gasteiger partial charge in [0.05, 0.1) is 10.6 Å². The summed E-state index contributed by atoms with van der Waals surface area (Å²) in [6, 6.07) is 6.75. The predicted molar refractivity (Wildman–Crippen MR) is 80.3 cm³/mol. The van der Waals surface area contributed by atoms with Crippen LogP contribution in [-0.2, 0) is 19.9 Å². The number of sulfone groups is 1. The van der Waals surface area contributed by atoms with Crippen molar-refractivity contribution >= 4 is 30.8 Å². The summed E-state index contributed by atoms with van der Waals surface area (Å²) < 4.78 is 48.7. The van der Waals surface area contributed by atoms with Gasteiger partial charge in [-0.1, -0.05) is 0 Å². The van der Waals surface area contributed by atoms with Crippen LogP contribution in [0.15, 0.2) is 35.4 Å². The third-order valence-corrected chi connectivity index (χ3v) is 6.53. The second-order valence-corrected chi connectivity index (χ2v) is 9.63. The van der Waals surface area contributed by atoms with Crippen molar-refractivity contribution in [2.24, 2.45) is 5.92 Å². The molecule has 3 rings (SSSR count). The van der Waals surface area contributed by atoms with E-state index in [1.807, 2.05) is 6.07 Å². The number of nitrogens with one attached hydrogen (secondary N) is 1. The molecule has 1 fully saturated rings. The minimum Gasteiger partial charge on any atom is -0.361 e. The van der Waals surface area contributed by atoms with E-state index in [1.165, 1.54) is 10.6 Å². The second kappa shape index (κ2) is 4.82. The van der Waals surface area contributed by atoms with Crippen LogP contribution in [0.5, 0.6) is 0 Å². The van der Waals surface area contributed by atoms with Gasteiger partial charge in [0.25, 0.3) is 0 Å². The van der Waals surface area contributed by atoms with E-state index in [9.17, 15) is 16.8 Å². The van der Waals surface area contributed by atoms with Gasteiger partial charge in [0, 0.05) is 42.4 Å². The fourth-order valence-electron chi connectivity index (χ4n) is 2.59. The summed E-state index contributed by atoms with van der Waals surface area (Å²) in [5, 5.41) is 0.837. The normalized spacial score (nSPS) is 18.0. The Morgan fingerprint density at radius 2 is 1.90 bits per heavy atom. The van der Waals surface area contributed by atoms with Gasteiger partial charge < -0.3 is 4.98 Å². The van der Waals surface area contributed by atoms with E-state index < -0.39 is 19.9 Å². The molecule has 1 N–H and O–H groups in total. The Labute approximate surface area is 123 Å². The fourth-order valence-corrected chi connectivity index (χ4v) is 5.29. The number of sulfonamides is 1. The van der Waals surface area contributed by atoms with Crippen LogP contribution in [0.25, 0.3) is 10.9 Å². The molecule has 0 spiro atoms. The van der Waals surface area contributed by atoms with Gasteiger partial charge in [-0.15, -0.1) is 0 Å². The first-order valence-corrected chi connectivity index (χ1v) is 10.0. The minimum atomic E-state index is -3.54. The zero-order valence-electron chi connectivity index (χ0n) is 11.5. The molecule has 0 bridgehead atoms. The summed E-state index contributed by atoms with van der Waals surface area (Å²) in [6.45, 7) is 0.529. The lowest BCUT2D eigenvalue weighted by Gasteiger charge is -2.37. The molecule has 114 valence electrons. The number of H-pyrrole nitrogens is 1. The fraction of sp³-hybridized carbons (Fsp3) is 0.385. The van der Waals surface area contributed by atoms with Crippen LogP contribution in [0, 0.1) is 5.92 Å². The molecule has 21 heavy (non-hydrogen) atoms. The van der Waals surface area contributed by atoms with E-state index in [0.29, 0.717) is 0 Å². The van der Waals surface area contributed by atoms with E-state index >= 15 is 0 Å². The number of hydrogen-bond acceptors (Lipinski definition) is 4. The maximum absolute atomic E-state index is 12.5. The van der Waals surface area contributed by atoms with E-state index in [2.05, 4.69) is 4.98 Å². The largest absolute Gasteiger partial charge is 0.361 e. The Hall–Kier alpha value is -1.38. The van der Waals surface area contributed by atoms with Crippen LogP contribution < -0.4 is 0 Å². The van der Waals surface area contributed by atoms with Gasteiger partial charge in [-0.05, 0) is 24.3 Å². The molecule has 0 saturated carbocycles. The molecule has 0 amide bonds. The number of fused-ring (bicyclic) bond motifs is 1. The van der Waals surface area contributed by atoms with Crippen molar-refractivity contribution in [3.63, 3.8) is 0 Å². The van der Waals surface area contributed by atoms with Gasteiger partial charge in [-0.2, -0.15) is 4.31 Å². The van der Waals surface area contributed by atoms with Crippen LogP contribution in [0.2, 0.25) is 0 Å². The number of benzene rings is 1. The lowest BCUT2D eigenvalue weighted by Crippen LogP contribution is -2.52. The highest BCUT2D eigenvalue weighted by Crippen LogP contribution is 2.27. The quantitative estimate of drug-likeness (QED) is 0.900. The molecule has 1 saturated heterocycles. The van der Waals surface area contributed by atoms with Crippen molar-refractivity contribution in [2.45, 2.75) is 4.90 Å². The van der Waals surface area contributed by atoms with Gasteiger partial charge in [-0.25, -0.2) is 16.8 Å². The number of aromatic amines is 1. The maximum Gasteiger partial charge on any atom is 0.243 e. The Balaban J connectivity index is 1.79. The van der Waals surface area contributed by atoms with E-state index in [1.54, 1.807) is 24.4 Å². The van der Waals surface area contributed by atoms with Crippen molar-refractivity contribution in [3.05, 3.63) is 30.5 Å². The van der Waals surface area contributed by atoms with E-state index in [0.717, 1.165) is 10.9 Å². The van der Waals surface area contributed by atoms with Crippen LogP contribution >= 0.6 is 0 Å². The maximum atomic E-state index is 12.5. The molecule has 0 radical (unpaired) electrons. The summed E-state index contributed by atoms with van der Waals surface area (Å²) in [5.74, 6) is -0.0682.